The molecule has 0 unspecified atom stereocenters. The molecule has 0 spiro atoms. The number of nitrogens with zero attached hydrogens (tertiary/aromatic N) is 2. The number of hydrogen-bond donors (Lipinski definition) is 2. The Bertz CT molecular complexity index is 898. The predicted octanol–water partition coefficient (Wildman–Crippen LogP) is 4.55. The van der Waals surface area contributed by atoms with Crippen molar-refractivity contribution in [3.8, 4) is 0 Å². The molecule has 0 aliphatic carbocycles. The van der Waals surface area contributed by atoms with Crippen LogP contribution >= 0.6 is 23.2 Å². The Morgan fingerprint density at radius 2 is 2.04 bits per heavy atom. The van der Waals surface area contributed by atoms with E-state index < -0.39 is 5.91 Å². The molecule has 6 nitrogen and oxygen atoms in total. The number of aromatic nitrogens is 2. The molecule has 0 saturated heterocycles. The lowest BCUT2D eigenvalue weighted by Gasteiger charge is -2.09. The molecular weight excluding hydrogens is 363 g/mol. The fourth-order valence-corrected chi connectivity index (χ4v) is 2.58. The van der Waals surface area contributed by atoms with Crippen molar-refractivity contribution < 1.29 is 9.21 Å². The smallest absolute Gasteiger partial charge is 0.274 e. The van der Waals surface area contributed by atoms with Crippen LogP contribution in [0.1, 0.15) is 21.9 Å². The van der Waals surface area contributed by atoms with Gasteiger partial charge in [-0.2, -0.15) is 0 Å². The van der Waals surface area contributed by atoms with Crippen molar-refractivity contribution in [1.82, 2.24) is 9.97 Å². The molecule has 0 atom stereocenters. The van der Waals surface area contributed by atoms with Gasteiger partial charge in [0.2, 0.25) is 5.95 Å². The summed E-state index contributed by atoms with van der Waals surface area (Å²) >= 11 is 11.9. The normalized spacial score (nSPS) is 10.5. The molecule has 0 fully saturated rings. The van der Waals surface area contributed by atoms with Crippen molar-refractivity contribution >= 4 is 40.7 Å². The Labute approximate surface area is 154 Å². The van der Waals surface area contributed by atoms with Crippen LogP contribution in [-0.4, -0.2) is 15.9 Å². The number of halogens is 2. The fourth-order valence-electron chi connectivity index (χ4n) is 2.12. The van der Waals surface area contributed by atoms with E-state index in [4.69, 9.17) is 27.6 Å². The van der Waals surface area contributed by atoms with Crippen LogP contribution < -0.4 is 10.6 Å². The first-order chi connectivity index (χ1) is 12.0. The van der Waals surface area contributed by atoms with E-state index in [1.807, 2.05) is 6.07 Å². The molecule has 0 aliphatic rings. The van der Waals surface area contributed by atoms with Crippen molar-refractivity contribution in [2.45, 2.75) is 13.5 Å². The molecule has 3 rings (SSSR count). The van der Waals surface area contributed by atoms with Gasteiger partial charge in [-0.25, -0.2) is 9.97 Å². The maximum Gasteiger partial charge on any atom is 0.274 e. The van der Waals surface area contributed by atoms with Gasteiger partial charge in [0.25, 0.3) is 5.91 Å². The standard InChI is InChI=1S/C17H14Cl2N4O2/c1-10-7-15(16(24)22-14-5-4-11(18)8-13(14)19)23-17(21-10)20-9-12-3-2-6-25-12/h2-8H,9H2,1H3,(H,22,24)(H,20,21,23). The van der Waals surface area contributed by atoms with Gasteiger partial charge in [0.15, 0.2) is 0 Å². The summed E-state index contributed by atoms with van der Waals surface area (Å²) in [5, 5.41) is 6.58. The van der Waals surface area contributed by atoms with Crippen molar-refractivity contribution in [3.05, 3.63) is 69.9 Å². The molecule has 2 heterocycles. The molecule has 128 valence electrons. The van der Waals surface area contributed by atoms with Gasteiger partial charge >= 0.3 is 0 Å². The third-order valence-corrected chi connectivity index (χ3v) is 3.81. The largest absolute Gasteiger partial charge is 0.467 e. The van der Waals surface area contributed by atoms with E-state index in [0.717, 1.165) is 5.76 Å². The Kier molecular flexibility index (Phi) is 5.21. The van der Waals surface area contributed by atoms with Gasteiger partial charge in [0, 0.05) is 10.7 Å². The highest BCUT2D eigenvalue weighted by Crippen LogP contribution is 2.25. The molecule has 8 heteroatoms. The predicted molar refractivity (Wildman–Crippen MR) is 97.2 cm³/mol. The van der Waals surface area contributed by atoms with Crippen LogP contribution in [0.25, 0.3) is 0 Å². The van der Waals surface area contributed by atoms with Crippen LogP contribution in [-0.2, 0) is 6.54 Å². The van der Waals surface area contributed by atoms with Gasteiger partial charge in [-0.3, -0.25) is 4.79 Å². The fraction of sp³-hybridized carbons (Fsp3) is 0.118. The lowest BCUT2D eigenvalue weighted by atomic mass is 10.3. The zero-order chi connectivity index (χ0) is 17.8. The number of furan rings is 1. The van der Waals surface area contributed by atoms with Crippen LogP contribution in [0.15, 0.2) is 47.1 Å². The first kappa shape index (κ1) is 17.3. The minimum Gasteiger partial charge on any atom is -0.467 e. The molecular formula is C17H14Cl2N4O2. The Morgan fingerprint density at radius 3 is 2.76 bits per heavy atom. The summed E-state index contributed by atoms with van der Waals surface area (Å²) in [6, 6.07) is 10.1. The second-order valence-electron chi connectivity index (χ2n) is 5.23. The molecule has 1 amide bonds. The number of nitrogens with one attached hydrogen (secondary N) is 2. The van der Waals surface area contributed by atoms with Gasteiger partial charge in [-0.1, -0.05) is 23.2 Å². The minimum atomic E-state index is -0.393. The zero-order valence-electron chi connectivity index (χ0n) is 13.2. The average molecular weight is 377 g/mol. The van der Waals surface area contributed by atoms with Gasteiger partial charge in [0.05, 0.1) is 23.5 Å². The molecule has 0 bridgehead atoms. The van der Waals surface area contributed by atoms with E-state index >= 15 is 0 Å². The van der Waals surface area contributed by atoms with Crippen molar-refractivity contribution in [3.63, 3.8) is 0 Å². The second-order valence-corrected chi connectivity index (χ2v) is 6.07. The summed E-state index contributed by atoms with van der Waals surface area (Å²) < 4.78 is 5.24. The summed E-state index contributed by atoms with van der Waals surface area (Å²) in [7, 11) is 0. The van der Waals surface area contributed by atoms with E-state index in [-0.39, 0.29) is 5.69 Å². The number of amides is 1. The quantitative estimate of drug-likeness (QED) is 0.682. The number of rotatable bonds is 5. The highest BCUT2D eigenvalue weighted by atomic mass is 35.5. The summed E-state index contributed by atoms with van der Waals surface area (Å²) in [4.78, 5) is 20.9. The molecule has 0 radical (unpaired) electrons. The number of aryl methyl sites for hydroxylation is 1. The third kappa shape index (κ3) is 4.49. The molecule has 3 aromatic rings. The van der Waals surface area contributed by atoms with Gasteiger partial charge in [0.1, 0.15) is 11.5 Å². The van der Waals surface area contributed by atoms with Gasteiger partial charge in [-0.05, 0) is 43.3 Å². The number of carbonyl (C=O) groups is 1. The second kappa shape index (κ2) is 7.55. The first-order valence-corrected chi connectivity index (χ1v) is 8.15. The SMILES string of the molecule is Cc1cc(C(=O)Nc2ccc(Cl)cc2Cl)nc(NCc2ccco2)n1. The van der Waals surface area contributed by atoms with Crippen molar-refractivity contribution in [2.24, 2.45) is 0 Å². The highest BCUT2D eigenvalue weighted by Gasteiger charge is 2.13. The third-order valence-electron chi connectivity index (χ3n) is 3.27. The Balaban J connectivity index is 1.75. The molecule has 2 aromatic heterocycles. The van der Waals surface area contributed by atoms with Crippen LogP contribution in [0.4, 0.5) is 11.6 Å². The number of carbonyl (C=O) groups excluding carboxylic acids is 1. The maximum absolute atomic E-state index is 12.4. The number of benzene rings is 1. The minimum absolute atomic E-state index is 0.223. The van der Waals surface area contributed by atoms with E-state index in [0.29, 0.717) is 33.9 Å². The summed E-state index contributed by atoms with van der Waals surface area (Å²) in [5.41, 5.74) is 1.34. The topological polar surface area (TPSA) is 80.0 Å². The zero-order valence-corrected chi connectivity index (χ0v) is 14.7. The number of anilines is 2. The Morgan fingerprint density at radius 1 is 1.20 bits per heavy atom. The van der Waals surface area contributed by atoms with Crippen LogP contribution in [0.2, 0.25) is 10.0 Å². The van der Waals surface area contributed by atoms with E-state index in [2.05, 4.69) is 20.6 Å². The van der Waals surface area contributed by atoms with Gasteiger partial charge < -0.3 is 15.1 Å². The summed E-state index contributed by atoms with van der Waals surface area (Å²) in [6.07, 6.45) is 1.59. The monoisotopic (exact) mass is 376 g/mol. The molecule has 2 N–H and O–H groups in total. The maximum atomic E-state index is 12.4. The first-order valence-electron chi connectivity index (χ1n) is 7.39. The van der Waals surface area contributed by atoms with E-state index in [9.17, 15) is 4.79 Å². The Hall–Kier alpha value is -2.57. The lowest BCUT2D eigenvalue weighted by molar-refractivity contribution is 0.102. The average Bonchev–Trinajstić information content (AvgIpc) is 3.08. The summed E-state index contributed by atoms with van der Waals surface area (Å²) in [5.74, 6) is 0.684. The molecule has 0 saturated carbocycles. The molecule has 25 heavy (non-hydrogen) atoms. The van der Waals surface area contributed by atoms with Crippen LogP contribution in [0, 0.1) is 6.92 Å². The molecule has 1 aromatic carbocycles. The van der Waals surface area contributed by atoms with Crippen LogP contribution in [0.5, 0.6) is 0 Å². The lowest BCUT2D eigenvalue weighted by Crippen LogP contribution is -2.16. The van der Waals surface area contributed by atoms with E-state index in [1.165, 1.54) is 0 Å². The number of hydrogen-bond acceptors (Lipinski definition) is 5. The molecule has 0 aliphatic heterocycles. The van der Waals surface area contributed by atoms with Crippen LogP contribution in [0.3, 0.4) is 0 Å². The highest BCUT2D eigenvalue weighted by molar-refractivity contribution is 6.36. The van der Waals surface area contributed by atoms with Gasteiger partial charge in [-0.15, -0.1) is 0 Å². The van der Waals surface area contributed by atoms with Crippen molar-refractivity contribution in [1.29, 1.82) is 0 Å². The summed E-state index contributed by atoms with van der Waals surface area (Å²) in [6.45, 7) is 2.20. The van der Waals surface area contributed by atoms with Crippen molar-refractivity contribution in [2.75, 3.05) is 10.6 Å². The van der Waals surface area contributed by atoms with E-state index in [1.54, 1.807) is 43.5 Å².